The second kappa shape index (κ2) is 4.65. The van der Waals surface area contributed by atoms with Crippen molar-refractivity contribution in [3.8, 4) is 0 Å². The van der Waals surface area contributed by atoms with Crippen LogP contribution in [0.5, 0.6) is 0 Å². The molecule has 0 saturated carbocycles. The number of rotatable bonds is 2. The maximum absolute atomic E-state index is 12.0. The SMILES string of the molecule is O=C1NC[C@@H](c2ccccc2)[C@H]1c1ccccc1. The van der Waals surface area contributed by atoms with Gasteiger partial charge in [-0.05, 0) is 11.1 Å². The second-order valence-electron chi connectivity index (χ2n) is 4.65. The highest BCUT2D eigenvalue weighted by atomic mass is 16.2. The largest absolute Gasteiger partial charge is 0.355 e. The van der Waals surface area contributed by atoms with Crippen molar-refractivity contribution in [3.63, 3.8) is 0 Å². The van der Waals surface area contributed by atoms with Crippen LogP contribution < -0.4 is 5.32 Å². The van der Waals surface area contributed by atoms with Crippen LogP contribution in [0.3, 0.4) is 0 Å². The number of benzene rings is 2. The van der Waals surface area contributed by atoms with Crippen LogP contribution in [0.15, 0.2) is 60.7 Å². The van der Waals surface area contributed by atoms with Gasteiger partial charge in [0.2, 0.25) is 5.91 Å². The van der Waals surface area contributed by atoms with Crippen molar-refractivity contribution in [1.82, 2.24) is 5.32 Å². The number of amides is 1. The molecule has 0 aromatic heterocycles. The van der Waals surface area contributed by atoms with Gasteiger partial charge in [-0.1, -0.05) is 60.7 Å². The maximum atomic E-state index is 12.0. The van der Waals surface area contributed by atoms with E-state index in [9.17, 15) is 4.79 Å². The fourth-order valence-corrected chi connectivity index (χ4v) is 2.68. The zero-order valence-electron chi connectivity index (χ0n) is 10.0. The molecule has 90 valence electrons. The Labute approximate surface area is 107 Å². The normalized spacial score (nSPS) is 22.8. The highest BCUT2D eigenvalue weighted by Gasteiger charge is 2.36. The smallest absolute Gasteiger partial charge is 0.228 e. The van der Waals surface area contributed by atoms with E-state index in [1.165, 1.54) is 5.56 Å². The van der Waals surface area contributed by atoms with Crippen molar-refractivity contribution in [2.45, 2.75) is 11.8 Å². The van der Waals surface area contributed by atoms with Crippen LogP contribution in [-0.4, -0.2) is 12.5 Å². The predicted molar refractivity (Wildman–Crippen MR) is 71.4 cm³/mol. The minimum atomic E-state index is -0.0615. The van der Waals surface area contributed by atoms with E-state index in [-0.39, 0.29) is 17.7 Å². The molecular formula is C16H15NO. The summed E-state index contributed by atoms with van der Waals surface area (Å²) in [5.41, 5.74) is 2.33. The molecule has 1 amide bonds. The van der Waals surface area contributed by atoms with E-state index in [0.29, 0.717) is 0 Å². The van der Waals surface area contributed by atoms with Crippen LogP contribution in [0.2, 0.25) is 0 Å². The molecule has 1 aliphatic rings. The lowest BCUT2D eigenvalue weighted by Crippen LogP contribution is -2.18. The molecule has 0 spiro atoms. The summed E-state index contributed by atoms with van der Waals surface area (Å²) in [6.45, 7) is 0.725. The van der Waals surface area contributed by atoms with Gasteiger partial charge in [-0.15, -0.1) is 0 Å². The molecule has 1 N–H and O–H groups in total. The van der Waals surface area contributed by atoms with E-state index < -0.39 is 0 Å². The Hall–Kier alpha value is -2.09. The molecule has 1 heterocycles. The monoisotopic (exact) mass is 237 g/mol. The van der Waals surface area contributed by atoms with Crippen molar-refractivity contribution >= 4 is 5.91 Å². The molecule has 0 bridgehead atoms. The minimum Gasteiger partial charge on any atom is -0.355 e. The lowest BCUT2D eigenvalue weighted by molar-refractivity contribution is -0.120. The molecule has 3 rings (SSSR count). The average Bonchev–Trinajstić information content (AvgIpc) is 2.83. The van der Waals surface area contributed by atoms with Crippen LogP contribution >= 0.6 is 0 Å². The van der Waals surface area contributed by atoms with Crippen LogP contribution in [0.4, 0.5) is 0 Å². The van der Waals surface area contributed by atoms with Gasteiger partial charge in [0.25, 0.3) is 0 Å². The Kier molecular flexibility index (Phi) is 2.85. The molecule has 0 aliphatic carbocycles. The average molecular weight is 237 g/mol. The number of hydrogen-bond donors (Lipinski definition) is 1. The molecule has 2 heteroatoms. The number of hydrogen-bond acceptors (Lipinski definition) is 1. The molecule has 1 aliphatic heterocycles. The molecule has 0 unspecified atom stereocenters. The summed E-state index contributed by atoms with van der Waals surface area (Å²) in [6.07, 6.45) is 0. The van der Waals surface area contributed by atoms with Crippen molar-refractivity contribution in [3.05, 3.63) is 71.8 Å². The first-order valence-electron chi connectivity index (χ1n) is 6.24. The van der Waals surface area contributed by atoms with Gasteiger partial charge in [-0.3, -0.25) is 4.79 Å². The lowest BCUT2D eigenvalue weighted by atomic mass is 9.84. The van der Waals surface area contributed by atoms with E-state index in [4.69, 9.17) is 0 Å². The highest BCUT2D eigenvalue weighted by molar-refractivity contribution is 5.87. The van der Waals surface area contributed by atoms with Gasteiger partial charge < -0.3 is 5.32 Å². The van der Waals surface area contributed by atoms with E-state index in [1.807, 2.05) is 48.5 Å². The fourth-order valence-electron chi connectivity index (χ4n) is 2.68. The van der Waals surface area contributed by atoms with Crippen LogP contribution in [0.25, 0.3) is 0 Å². The Morgan fingerprint density at radius 3 is 2.00 bits per heavy atom. The Morgan fingerprint density at radius 2 is 1.39 bits per heavy atom. The molecule has 2 aromatic carbocycles. The van der Waals surface area contributed by atoms with Crippen LogP contribution in [0, 0.1) is 0 Å². The van der Waals surface area contributed by atoms with Gasteiger partial charge in [0.15, 0.2) is 0 Å². The van der Waals surface area contributed by atoms with Crippen molar-refractivity contribution in [1.29, 1.82) is 0 Å². The summed E-state index contributed by atoms with van der Waals surface area (Å²) in [6, 6.07) is 20.3. The zero-order valence-corrected chi connectivity index (χ0v) is 10.0. The van der Waals surface area contributed by atoms with E-state index in [0.717, 1.165) is 12.1 Å². The molecule has 0 radical (unpaired) electrons. The maximum Gasteiger partial charge on any atom is 0.228 e. The van der Waals surface area contributed by atoms with E-state index in [2.05, 4.69) is 17.4 Å². The summed E-state index contributed by atoms with van der Waals surface area (Å²) in [4.78, 5) is 12.0. The van der Waals surface area contributed by atoms with Crippen LogP contribution in [-0.2, 0) is 4.79 Å². The molecule has 2 aromatic rings. The quantitative estimate of drug-likeness (QED) is 0.854. The van der Waals surface area contributed by atoms with Gasteiger partial charge in [-0.25, -0.2) is 0 Å². The van der Waals surface area contributed by atoms with Gasteiger partial charge in [0.05, 0.1) is 5.92 Å². The van der Waals surface area contributed by atoms with Crippen molar-refractivity contribution < 1.29 is 4.79 Å². The highest BCUT2D eigenvalue weighted by Crippen LogP contribution is 2.36. The first kappa shape index (κ1) is 11.0. The molecule has 18 heavy (non-hydrogen) atoms. The minimum absolute atomic E-state index is 0.0615. The van der Waals surface area contributed by atoms with E-state index in [1.54, 1.807) is 0 Å². The van der Waals surface area contributed by atoms with Crippen molar-refractivity contribution in [2.24, 2.45) is 0 Å². The first-order chi connectivity index (χ1) is 8.86. The first-order valence-corrected chi connectivity index (χ1v) is 6.24. The number of nitrogens with one attached hydrogen (secondary N) is 1. The van der Waals surface area contributed by atoms with Gasteiger partial charge in [0, 0.05) is 12.5 Å². The topological polar surface area (TPSA) is 29.1 Å². The molecule has 1 fully saturated rings. The Balaban J connectivity index is 1.98. The molecule has 2 nitrogen and oxygen atoms in total. The summed E-state index contributed by atoms with van der Waals surface area (Å²) < 4.78 is 0. The summed E-state index contributed by atoms with van der Waals surface area (Å²) in [7, 11) is 0. The summed E-state index contributed by atoms with van der Waals surface area (Å²) in [5.74, 6) is 0.310. The number of carbonyl (C=O) groups is 1. The Bertz CT molecular complexity index is 536. The standard InChI is InChI=1S/C16H15NO/c18-16-15(13-9-5-2-6-10-13)14(11-17-16)12-7-3-1-4-8-12/h1-10,14-15H,11H2,(H,17,18)/t14-,15+/m0/s1. The fraction of sp³-hybridized carbons (Fsp3) is 0.188. The van der Waals surface area contributed by atoms with Gasteiger partial charge in [-0.2, -0.15) is 0 Å². The molecular weight excluding hydrogens is 222 g/mol. The predicted octanol–water partition coefficient (Wildman–Crippen LogP) is 2.68. The zero-order chi connectivity index (χ0) is 12.4. The molecule has 2 atom stereocenters. The van der Waals surface area contributed by atoms with Crippen molar-refractivity contribution in [2.75, 3.05) is 6.54 Å². The molecule has 1 saturated heterocycles. The number of carbonyl (C=O) groups excluding carboxylic acids is 1. The van der Waals surface area contributed by atoms with Crippen LogP contribution in [0.1, 0.15) is 23.0 Å². The van der Waals surface area contributed by atoms with Gasteiger partial charge >= 0.3 is 0 Å². The Morgan fingerprint density at radius 1 is 0.833 bits per heavy atom. The third kappa shape index (κ3) is 1.90. The van der Waals surface area contributed by atoms with Gasteiger partial charge in [0.1, 0.15) is 0 Å². The lowest BCUT2D eigenvalue weighted by Gasteiger charge is -2.17. The summed E-state index contributed by atoms with van der Waals surface area (Å²) >= 11 is 0. The summed E-state index contributed by atoms with van der Waals surface area (Å²) in [5, 5.41) is 2.98. The third-order valence-electron chi connectivity index (χ3n) is 3.57. The second-order valence-corrected chi connectivity index (χ2v) is 4.65. The van der Waals surface area contributed by atoms with E-state index >= 15 is 0 Å². The third-order valence-corrected chi connectivity index (χ3v) is 3.57.